The highest BCUT2D eigenvalue weighted by molar-refractivity contribution is 6.39. The summed E-state index contributed by atoms with van der Waals surface area (Å²) in [5.41, 5.74) is 1.87. The first-order valence-corrected chi connectivity index (χ1v) is 6.88. The van der Waals surface area contributed by atoms with Crippen LogP contribution in [0.25, 0.3) is 0 Å². The minimum Gasteiger partial charge on any atom is -0.374 e. The highest BCUT2D eigenvalue weighted by Crippen LogP contribution is 2.29. The van der Waals surface area contributed by atoms with Gasteiger partial charge in [-0.1, -0.05) is 44.2 Å². The van der Waals surface area contributed by atoms with Crippen molar-refractivity contribution < 1.29 is 9.59 Å². The van der Waals surface area contributed by atoms with Gasteiger partial charge in [-0.3, -0.25) is 9.59 Å². The molecular formula is C17H19NO2. The van der Waals surface area contributed by atoms with Gasteiger partial charge >= 0.3 is 0 Å². The molecule has 1 aromatic rings. The molecule has 104 valence electrons. The fraction of sp³-hybridized carbons (Fsp3) is 0.294. The molecule has 0 aromatic heterocycles. The third-order valence-corrected chi connectivity index (χ3v) is 3.58. The summed E-state index contributed by atoms with van der Waals surface area (Å²) in [5.74, 6) is -0.382. The lowest BCUT2D eigenvalue weighted by Crippen LogP contribution is -2.22. The summed E-state index contributed by atoms with van der Waals surface area (Å²) in [4.78, 5) is 26.8. The van der Waals surface area contributed by atoms with Gasteiger partial charge < -0.3 is 4.90 Å². The summed E-state index contributed by atoms with van der Waals surface area (Å²) in [6, 6.07) is 6.97. The molecule has 0 saturated heterocycles. The Balaban J connectivity index is 2.46. The van der Waals surface area contributed by atoms with E-state index in [1.807, 2.05) is 11.9 Å². The summed E-state index contributed by atoms with van der Waals surface area (Å²) in [5, 5.41) is 0. The summed E-state index contributed by atoms with van der Waals surface area (Å²) >= 11 is 0. The maximum atomic E-state index is 12.4. The maximum absolute atomic E-state index is 12.4. The SMILES string of the molecule is C=CC(=C1C(=O)c2ccccc2C1=O)N(C)CCCC. The van der Waals surface area contributed by atoms with Gasteiger partial charge in [-0.25, -0.2) is 0 Å². The molecule has 0 N–H and O–H groups in total. The number of Topliss-reactive ketones (excluding diaryl/α,β-unsaturated/α-hetero) is 2. The third kappa shape index (κ3) is 2.31. The molecule has 1 aromatic carbocycles. The van der Waals surface area contributed by atoms with Crippen LogP contribution < -0.4 is 0 Å². The Morgan fingerprint density at radius 1 is 1.20 bits per heavy atom. The Morgan fingerprint density at radius 3 is 2.20 bits per heavy atom. The van der Waals surface area contributed by atoms with Crippen molar-refractivity contribution in [1.29, 1.82) is 0 Å². The number of allylic oxidation sites excluding steroid dienone is 2. The summed E-state index contributed by atoms with van der Waals surface area (Å²) < 4.78 is 0. The number of unbranched alkanes of at least 4 members (excludes halogenated alkanes) is 1. The Labute approximate surface area is 119 Å². The number of fused-ring (bicyclic) bond motifs is 1. The maximum Gasteiger partial charge on any atom is 0.199 e. The van der Waals surface area contributed by atoms with Crippen LogP contribution in [0.2, 0.25) is 0 Å². The second kappa shape index (κ2) is 5.87. The Bertz CT molecular complexity index is 562. The van der Waals surface area contributed by atoms with Crippen LogP contribution >= 0.6 is 0 Å². The normalized spacial score (nSPS) is 13.4. The fourth-order valence-electron chi connectivity index (χ4n) is 2.45. The van der Waals surface area contributed by atoms with E-state index in [-0.39, 0.29) is 17.1 Å². The smallest absolute Gasteiger partial charge is 0.199 e. The number of likely N-dealkylation sites (N-methyl/N-ethyl adjacent to an activating group) is 1. The molecule has 3 heteroatoms. The lowest BCUT2D eigenvalue weighted by atomic mass is 10.1. The first kappa shape index (κ1) is 14.3. The zero-order chi connectivity index (χ0) is 14.7. The van der Waals surface area contributed by atoms with Gasteiger partial charge in [0, 0.05) is 24.7 Å². The number of hydrogen-bond donors (Lipinski definition) is 0. The standard InChI is InChI=1S/C17H19NO2/c1-4-6-11-18(3)14(5-2)15-16(19)12-9-7-8-10-13(12)17(15)20/h5,7-10H,2,4,6,11H2,1,3H3. The second-order valence-corrected chi connectivity index (χ2v) is 4.94. The van der Waals surface area contributed by atoms with Crippen LogP contribution in [-0.2, 0) is 0 Å². The number of carbonyl (C=O) groups excluding carboxylic acids is 2. The number of rotatable bonds is 5. The van der Waals surface area contributed by atoms with E-state index in [0.29, 0.717) is 16.8 Å². The molecule has 0 saturated carbocycles. The van der Waals surface area contributed by atoms with Crippen molar-refractivity contribution in [2.24, 2.45) is 0 Å². The van der Waals surface area contributed by atoms with E-state index < -0.39 is 0 Å². The average Bonchev–Trinajstić information content (AvgIpc) is 2.72. The molecule has 2 rings (SSSR count). The molecular weight excluding hydrogens is 250 g/mol. The van der Waals surface area contributed by atoms with Crippen LogP contribution in [0.15, 0.2) is 48.2 Å². The summed E-state index contributed by atoms with van der Waals surface area (Å²) in [6.45, 7) is 6.67. The fourth-order valence-corrected chi connectivity index (χ4v) is 2.45. The molecule has 0 heterocycles. The van der Waals surface area contributed by atoms with E-state index in [4.69, 9.17) is 0 Å². The predicted molar refractivity (Wildman–Crippen MR) is 79.9 cm³/mol. The topological polar surface area (TPSA) is 37.4 Å². The summed E-state index contributed by atoms with van der Waals surface area (Å²) in [7, 11) is 1.89. The molecule has 0 spiro atoms. The van der Waals surface area contributed by atoms with Crippen LogP contribution in [0, 0.1) is 0 Å². The van der Waals surface area contributed by atoms with Crippen molar-refractivity contribution in [2.75, 3.05) is 13.6 Å². The quantitative estimate of drug-likeness (QED) is 0.608. The number of hydrogen-bond acceptors (Lipinski definition) is 3. The largest absolute Gasteiger partial charge is 0.374 e. The number of ketones is 2. The number of benzene rings is 1. The molecule has 1 aliphatic rings. The molecule has 20 heavy (non-hydrogen) atoms. The van der Waals surface area contributed by atoms with Gasteiger partial charge in [0.2, 0.25) is 0 Å². The second-order valence-electron chi connectivity index (χ2n) is 4.94. The lowest BCUT2D eigenvalue weighted by molar-refractivity contribution is 0.0984. The van der Waals surface area contributed by atoms with Gasteiger partial charge in [-0.2, -0.15) is 0 Å². The Morgan fingerprint density at radius 2 is 1.75 bits per heavy atom. The van der Waals surface area contributed by atoms with Gasteiger partial charge in [0.1, 0.15) is 0 Å². The van der Waals surface area contributed by atoms with Gasteiger partial charge in [-0.15, -0.1) is 0 Å². The monoisotopic (exact) mass is 269 g/mol. The van der Waals surface area contributed by atoms with E-state index in [0.717, 1.165) is 19.4 Å². The van der Waals surface area contributed by atoms with Gasteiger partial charge in [-0.05, 0) is 12.5 Å². The first-order chi connectivity index (χ1) is 9.61. The number of nitrogens with zero attached hydrogens (tertiary/aromatic N) is 1. The predicted octanol–water partition coefficient (Wildman–Crippen LogP) is 3.24. The average molecular weight is 269 g/mol. The van der Waals surface area contributed by atoms with Crippen molar-refractivity contribution >= 4 is 11.6 Å². The van der Waals surface area contributed by atoms with Crippen LogP contribution in [-0.4, -0.2) is 30.1 Å². The highest BCUT2D eigenvalue weighted by atomic mass is 16.2. The van der Waals surface area contributed by atoms with Crippen molar-refractivity contribution in [3.8, 4) is 0 Å². The molecule has 3 nitrogen and oxygen atoms in total. The van der Waals surface area contributed by atoms with Crippen molar-refractivity contribution in [1.82, 2.24) is 4.90 Å². The first-order valence-electron chi connectivity index (χ1n) is 6.88. The molecule has 0 radical (unpaired) electrons. The molecule has 0 aliphatic heterocycles. The minimum absolute atomic E-state index is 0.191. The van der Waals surface area contributed by atoms with Crippen molar-refractivity contribution in [2.45, 2.75) is 19.8 Å². The van der Waals surface area contributed by atoms with Crippen LogP contribution in [0.4, 0.5) is 0 Å². The van der Waals surface area contributed by atoms with E-state index in [9.17, 15) is 9.59 Å². The number of carbonyl (C=O) groups is 2. The van der Waals surface area contributed by atoms with Crippen molar-refractivity contribution in [3.63, 3.8) is 0 Å². The van der Waals surface area contributed by atoms with Gasteiger partial charge in [0.25, 0.3) is 0 Å². The van der Waals surface area contributed by atoms with Crippen LogP contribution in [0.5, 0.6) is 0 Å². The molecule has 0 fully saturated rings. The minimum atomic E-state index is -0.191. The van der Waals surface area contributed by atoms with Crippen LogP contribution in [0.3, 0.4) is 0 Å². The molecule has 0 bridgehead atoms. The van der Waals surface area contributed by atoms with E-state index in [2.05, 4.69) is 13.5 Å². The lowest BCUT2D eigenvalue weighted by Gasteiger charge is -2.21. The van der Waals surface area contributed by atoms with Crippen molar-refractivity contribution in [3.05, 3.63) is 59.3 Å². The van der Waals surface area contributed by atoms with Crippen LogP contribution in [0.1, 0.15) is 40.5 Å². The third-order valence-electron chi connectivity index (χ3n) is 3.58. The molecule has 0 amide bonds. The zero-order valence-corrected chi connectivity index (χ0v) is 12.0. The molecule has 1 aliphatic carbocycles. The highest BCUT2D eigenvalue weighted by Gasteiger charge is 2.35. The van der Waals surface area contributed by atoms with Gasteiger partial charge in [0.15, 0.2) is 11.6 Å². The van der Waals surface area contributed by atoms with Gasteiger partial charge in [0.05, 0.1) is 11.3 Å². The van der Waals surface area contributed by atoms with E-state index >= 15 is 0 Å². The zero-order valence-electron chi connectivity index (χ0n) is 12.0. The Hall–Kier alpha value is -2.16. The van der Waals surface area contributed by atoms with E-state index in [1.54, 1.807) is 30.3 Å². The Kier molecular flexibility index (Phi) is 4.18. The summed E-state index contributed by atoms with van der Waals surface area (Å²) in [6.07, 6.45) is 3.68. The molecule has 0 atom stereocenters. The molecule has 0 unspecified atom stereocenters. The van der Waals surface area contributed by atoms with E-state index in [1.165, 1.54) is 0 Å².